The third-order valence-corrected chi connectivity index (χ3v) is 7.55. The number of methoxy groups -OCH3 is 2. The maximum absolute atomic E-state index is 13.4. The van der Waals surface area contributed by atoms with E-state index in [-0.39, 0.29) is 33.4 Å². The smallest absolute Gasteiger partial charge is 0.300 e. The Labute approximate surface area is 234 Å². The van der Waals surface area contributed by atoms with Crippen molar-refractivity contribution in [2.75, 3.05) is 19.1 Å². The van der Waals surface area contributed by atoms with Gasteiger partial charge in [-0.1, -0.05) is 29.8 Å². The Hall–Kier alpha value is -4.27. The molecule has 0 spiro atoms. The lowest BCUT2D eigenvalue weighted by Crippen LogP contribution is -2.29. The molecule has 9 heteroatoms. The molecule has 1 aromatic heterocycles. The fourth-order valence-corrected chi connectivity index (χ4v) is 5.55. The van der Waals surface area contributed by atoms with Gasteiger partial charge in [0, 0.05) is 16.6 Å². The number of benzene rings is 3. The van der Waals surface area contributed by atoms with E-state index in [1.165, 1.54) is 42.6 Å². The molecule has 0 radical (unpaired) electrons. The first kappa shape index (κ1) is 26.3. The van der Waals surface area contributed by atoms with E-state index in [9.17, 15) is 14.7 Å². The lowest BCUT2D eigenvalue weighted by Gasteiger charge is -2.24. The van der Waals surface area contributed by atoms with Crippen molar-refractivity contribution in [3.05, 3.63) is 105 Å². The van der Waals surface area contributed by atoms with E-state index < -0.39 is 17.7 Å². The van der Waals surface area contributed by atoms with Crippen LogP contribution < -0.4 is 19.1 Å². The number of amides is 1. The summed E-state index contributed by atoms with van der Waals surface area (Å²) >= 11 is 7.61. The normalized spacial score (nSPS) is 16.4. The van der Waals surface area contributed by atoms with Gasteiger partial charge in [-0.15, -0.1) is 11.3 Å². The molecule has 0 bridgehead atoms. The van der Waals surface area contributed by atoms with Crippen molar-refractivity contribution in [1.82, 2.24) is 0 Å². The van der Waals surface area contributed by atoms with E-state index in [2.05, 4.69) is 0 Å². The molecule has 1 saturated heterocycles. The van der Waals surface area contributed by atoms with Gasteiger partial charge in [-0.3, -0.25) is 14.5 Å². The molecule has 1 unspecified atom stereocenters. The summed E-state index contributed by atoms with van der Waals surface area (Å²) in [4.78, 5) is 29.0. The van der Waals surface area contributed by atoms with Crippen LogP contribution in [0.1, 0.15) is 22.0 Å². The fourth-order valence-electron chi connectivity index (χ4n) is 4.50. The topological polar surface area (TPSA) is 85.3 Å². The molecule has 3 aromatic carbocycles. The maximum Gasteiger partial charge on any atom is 0.300 e. The number of Topliss-reactive ketones (excluding diaryl/α,β-unsaturated/α-hetero) is 1. The van der Waals surface area contributed by atoms with Gasteiger partial charge >= 0.3 is 0 Å². The molecule has 1 N–H and O–H groups in total. The molecular weight excluding hydrogens is 538 g/mol. The van der Waals surface area contributed by atoms with Gasteiger partial charge in [-0.2, -0.15) is 0 Å². The molecule has 1 aliphatic rings. The van der Waals surface area contributed by atoms with Crippen LogP contribution in [0, 0.1) is 6.92 Å². The Balaban J connectivity index is 1.59. The van der Waals surface area contributed by atoms with E-state index >= 15 is 0 Å². The number of carbonyl (C=O) groups is 2. The van der Waals surface area contributed by atoms with E-state index in [0.29, 0.717) is 22.1 Å². The predicted octanol–water partition coefficient (Wildman–Crippen LogP) is 7.15. The molecule has 0 saturated carbocycles. The third kappa shape index (κ3) is 4.96. The summed E-state index contributed by atoms with van der Waals surface area (Å²) in [6.45, 7) is 1.98. The Bertz CT molecular complexity index is 1580. The highest BCUT2D eigenvalue weighted by Gasteiger charge is 2.47. The number of rotatable bonds is 7. The van der Waals surface area contributed by atoms with Gasteiger partial charge in [0.05, 0.1) is 30.4 Å². The molecule has 1 fully saturated rings. The second kappa shape index (κ2) is 10.8. The second-order valence-corrected chi connectivity index (χ2v) is 10.2. The van der Waals surface area contributed by atoms with Gasteiger partial charge in [0.15, 0.2) is 0 Å². The number of anilines is 1. The van der Waals surface area contributed by atoms with E-state index in [0.717, 1.165) is 5.56 Å². The van der Waals surface area contributed by atoms with E-state index in [4.69, 9.17) is 25.8 Å². The van der Waals surface area contributed by atoms with Crippen LogP contribution in [0.25, 0.3) is 5.76 Å². The SMILES string of the molecule is COc1cc(/C(O)=C2\C(=O)C(=O)N(c3ccc(Oc4cccc(C)c4)cc3)C2c2cccs2)c(OC)cc1Cl. The summed E-state index contributed by atoms with van der Waals surface area (Å²) in [5, 5.41) is 13.6. The Morgan fingerprint density at radius 2 is 1.67 bits per heavy atom. The van der Waals surface area contributed by atoms with Gasteiger partial charge in [-0.05, 0) is 66.4 Å². The number of thiophene rings is 1. The summed E-state index contributed by atoms with van der Waals surface area (Å²) < 4.78 is 16.7. The van der Waals surface area contributed by atoms with Gasteiger partial charge < -0.3 is 19.3 Å². The highest BCUT2D eigenvalue weighted by Crippen LogP contribution is 2.46. The summed E-state index contributed by atoms with van der Waals surface area (Å²) in [5.41, 5.74) is 1.66. The minimum atomic E-state index is -0.861. The first-order valence-corrected chi connectivity index (χ1v) is 13.2. The lowest BCUT2D eigenvalue weighted by atomic mass is 9.99. The zero-order valence-electron chi connectivity index (χ0n) is 21.3. The van der Waals surface area contributed by atoms with Gasteiger partial charge in [0.2, 0.25) is 0 Å². The molecule has 5 rings (SSSR count). The molecule has 4 aromatic rings. The average molecular weight is 562 g/mol. The zero-order valence-corrected chi connectivity index (χ0v) is 22.9. The second-order valence-electron chi connectivity index (χ2n) is 8.78. The monoisotopic (exact) mass is 561 g/mol. The highest BCUT2D eigenvalue weighted by molar-refractivity contribution is 7.10. The van der Waals surface area contributed by atoms with Crippen LogP contribution in [0.4, 0.5) is 5.69 Å². The number of ether oxygens (including phenoxy) is 3. The lowest BCUT2D eigenvalue weighted by molar-refractivity contribution is -0.132. The molecular formula is C30H24ClNO6S. The summed E-state index contributed by atoms with van der Waals surface area (Å²) in [5.74, 6) is -0.192. The number of aliphatic hydroxyl groups is 1. The number of hydrogen-bond donors (Lipinski definition) is 1. The Morgan fingerprint density at radius 3 is 2.31 bits per heavy atom. The average Bonchev–Trinajstić information content (AvgIpc) is 3.55. The molecule has 1 amide bonds. The first-order valence-electron chi connectivity index (χ1n) is 11.9. The van der Waals surface area contributed by atoms with Crippen LogP contribution in [0.3, 0.4) is 0 Å². The molecule has 39 heavy (non-hydrogen) atoms. The number of halogens is 1. The van der Waals surface area contributed by atoms with Crippen LogP contribution in [0.5, 0.6) is 23.0 Å². The maximum atomic E-state index is 13.4. The predicted molar refractivity (Wildman–Crippen MR) is 151 cm³/mol. The molecule has 7 nitrogen and oxygen atoms in total. The van der Waals surface area contributed by atoms with Gasteiger partial charge in [0.25, 0.3) is 11.7 Å². The van der Waals surface area contributed by atoms with Crippen molar-refractivity contribution in [3.63, 3.8) is 0 Å². The third-order valence-electron chi connectivity index (χ3n) is 6.33. The van der Waals surface area contributed by atoms with Crippen molar-refractivity contribution in [1.29, 1.82) is 0 Å². The number of ketones is 1. The molecule has 1 atom stereocenters. The first-order chi connectivity index (χ1) is 18.8. The van der Waals surface area contributed by atoms with E-state index in [1.54, 1.807) is 24.3 Å². The van der Waals surface area contributed by atoms with Crippen LogP contribution in [-0.2, 0) is 9.59 Å². The van der Waals surface area contributed by atoms with Crippen molar-refractivity contribution >= 4 is 46.1 Å². The molecule has 2 heterocycles. The zero-order chi connectivity index (χ0) is 27.7. The highest BCUT2D eigenvalue weighted by atomic mass is 35.5. The van der Waals surface area contributed by atoms with Gasteiger partial charge in [-0.25, -0.2) is 0 Å². The summed E-state index contributed by atoms with van der Waals surface area (Å²) in [6.07, 6.45) is 0. The van der Waals surface area contributed by atoms with Crippen LogP contribution in [0.15, 0.2) is 83.7 Å². The number of aryl methyl sites for hydroxylation is 1. The number of aliphatic hydroxyl groups excluding tert-OH is 1. The quantitative estimate of drug-likeness (QED) is 0.146. The van der Waals surface area contributed by atoms with Crippen LogP contribution >= 0.6 is 22.9 Å². The minimum absolute atomic E-state index is 0.0646. The van der Waals surface area contributed by atoms with Crippen LogP contribution in [-0.4, -0.2) is 31.0 Å². The fraction of sp³-hybridized carbons (Fsp3) is 0.133. The van der Waals surface area contributed by atoms with Crippen LogP contribution in [0.2, 0.25) is 5.02 Å². The Kier molecular flexibility index (Phi) is 7.32. The van der Waals surface area contributed by atoms with E-state index in [1.807, 2.05) is 48.7 Å². The summed E-state index contributed by atoms with van der Waals surface area (Å²) in [7, 11) is 2.86. The number of carbonyl (C=O) groups excluding carboxylic acids is 2. The standard InChI is InChI=1S/C30H24ClNO6S/c1-17-6-4-7-20(14-17)38-19-11-9-18(10-12-19)32-27(25-8-5-13-39-25)26(29(34)30(32)35)28(33)21-15-24(37-3)22(31)16-23(21)36-2/h4-16,27,33H,1-3H3/b28-26+. The summed E-state index contributed by atoms with van der Waals surface area (Å²) in [6, 6.07) is 20.3. The molecule has 0 aliphatic carbocycles. The van der Waals surface area contributed by atoms with Gasteiger partial charge in [0.1, 0.15) is 34.8 Å². The Morgan fingerprint density at radius 1 is 0.923 bits per heavy atom. The van der Waals surface area contributed by atoms with Crippen molar-refractivity contribution in [2.24, 2.45) is 0 Å². The van der Waals surface area contributed by atoms with Crippen molar-refractivity contribution in [3.8, 4) is 23.0 Å². The largest absolute Gasteiger partial charge is 0.507 e. The number of hydrogen-bond acceptors (Lipinski definition) is 7. The van der Waals surface area contributed by atoms with Crippen molar-refractivity contribution < 1.29 is 28.9 Å². The minimum Gasteiger partial charge on any atom is -0.507 e. The molecule has 1 aliphatic heterocycles. The number of nitrogens with zero attached hydrogens (tertiary/aromatic N) is 1. The molecule has 198 valence electrons. The van der Waals surface area contributed by atoms with Crippen molar-refractivity contribution in [2.45, 2.75) is 13.0 Å².